The fraction of sp³-hybridized carbons (Fsp3) is 0.190. The van der Waals surface area contributed by atoms with Gasteiger partial charge in [-0.3, -0.25) is 4.79 Å². The van der Waals surface area contributed by atoms with Crippen LogP contribution in [0.15, 0.2) is 71.8 Å². The highest BCUT2D eigenvalue weighted by Crippen LogP contribution is 2.18. The van der Waals surface area contributed by atoms with Crippen molar-refractivity contribution in [3.05, 3.63) is 82.9 Å². The van der Waals surface area contributed by atoms with Gasteiger partial charge in [0.15, 0.2) is 5.78 Å². The van der Waals surface area contributed by atoms with Gasteiger partial charge in [-0.25, -0.2) is 0 Å². The van der Waals surface area contributed by atoms with Crippen LogP contribution in [-0.2, 0) is 4.74 Å². The standard InChI is InChI=1S/C21H20ClNO2/c22-19(16-17-4-2-1-3-5-17)8-11-21(24)18-6-9-20(10-7-18)23-12-14-25-15-13-23/h1-11,16H,12-15H2/b11-8+,19-16-. The summed E-state index contributed by atoms with van der Waals surface area (Å²) >= 11 is 6.18. The molecule has 25 heavy (non-hydrogen) atoms. The first-order chi connectivity index (χ1) is 12.2. The van der Waals surface area contributed by atoms with Crippen molar-refractivity contribution >= 4 is 29.1 Å². The molecule has 2 aromatic rings. The van der Waals surface area contributed by atoms with Gasteiger partial charge in [0.2, 0.25) is 0 Å². The lowest BCUT2D eigenvalue weighted by atomic mass is 10.1. The lowest BCUT2D eigenvalue weighted by Gasteiger charge is -2.28. The monoisotopic (exact) mass is 353 g/mol. The Morgan fingerprint density at radius 1 is 0.960 bits per heavy atom. The van der Waals surface area contributed by atoms with Gasteiger partial charge in [0.1, 0.15) is 0 Å². The summed E-state index contributed by atoms with van der Waals surface area (Å²) in [5.41, 5.74) is 2.77. The van der Waals surface area contributed by atoms with Crippen molar-refractivity contribution in [2.24, 2.45) is 0 Å². The van der Waals surface area contributed by atoms with E-state index < -0.39 is 0 Å². The second kappa shape index (κ2) is 8.65. The first-order valence-corrected chi connectivity index (χ1v) is 8.67. The number of benzene rings is 2. The van der Waals surface area contributed by atoms with E-state index in [-0.39, 0.29) is 5.78 Å². The third-order valence-electron chi connectivity index (χ3n) is 4.03. The lowest BCUT2D eigenvalue weighted by Crippen LogP contribution is -2.36. The molecule has 1 saturated heterocycles. The molecule has 3 rings (SSSR count). The largest absolute Gasteiger partial charge is 0.378 e. The second-order valence-corrected chi connectivity index (χ2v) is 6.22. The normalized spacial score (nSPS) is 15.6. The first-order valence-electron chi connectivity index (χ1n) is 8.30. The number of morpholine rings is 1. The summed E-state index contributed by atoms with van der Waals surface area (Å²) < 4.78 is 5.36. The van der Waals surface area contributed by atoms with Crippen LogP contribution in [0.3, 0.4) is 0 Å². The summed E-state index contributed by atoms with van der Waals surface area (Å²) in [6.07, 6.45) is 4.96. The molecular formula is C21H20ClNO2. The first kappa shape index (κ1) is 17.5. The number of halogens is 1. The Balaban J connectivity index is 1.63. The topological polar surface area (TPSA) is 29.5 Å². The average molecular weight is 354 g/mol. The van der Waals surface area contributed by atoms with Crippen LogP contribution in [0.1, 0.15) is 15.9 Å². The van der Waals surface area contributed by atoms with Crippen molar-refractivity contribution in [3.63, 3.8) is 0 Å². The van der Waals surface area contributed by atoms with Gasteiger partial charge >= 0.3 is 0 Å². The van der Waals surface area contributed by atoms with Gasteiger partial charge in [-0.1, -0.05) is 41.9 Å². The number of carbonyl (C=O) groups excluding carboxylic acids is 1. The van der Waals surface area contributed by atoms with Crippen molar-refractivity contribution in [3.8, 4) is 0 Å². The maximum Gasteiger partial charge on any atom is 0.185 e. The van der Waals surface area contributed by atoms with Crippen LogP contribution in [0, 0.1) is 0 Å². The quantitative estimate of drug-likeness (QED) is 0.449. The summed E-state index contributed by atoms with van der Waals surface area (Å²) in [7, 11) is 0. The van der Waals surface area contributed by atoms with E-state index in [2.05, 4.69) is 4.90 Å². The van der Waals surface area contributed by atoms with Gasteiger partial charge in [-0.2, -0.15) is 0 Å². The molecule has 0 atom stereocenters. The Hall–Kier alpha value is -2.36. The molecule has 0 N–H and O–H groups in total. The predicted molar refractivity (Wildman–Crippen MR) is 103 cm³/mol. The fourth-order valence-electron chi connectivity index (χ4n) is 2.67. The third kappa shape index (κ3) is 5.05. The number of carbonyl (C=O) groups is 1. The number of hydrogen-bond donors (Lipinski definition) is 0. The molecule has 1 aliphatic heterocycles. The lowest BCUT2D eigenvalue weighted by molar-refractivity contribution is 0.104. The van der Waals surface area contributed by atoms with Gasteiger partial charge in [0.25, 0.3) is 0 Å². The van der Waals surface area contributed by atoms with E-state index >= 15 is 0 Å². The zero-order valence-electron chi connectivity index (χ0n) is 13.9. The van der Waals surface area contributed by atoms with E-state index in [0.717, 1.165) is 37.6 Å². The summed E-state index contributed by atoms with van der Waals surface area (Å²) in [6.45, 7) is 3.26. The fourth-order valence-corrected chi connectivity index (χ4v) is 2.86. The minimum atomic E-state index is -0.0619. The maximum absolute atomic E-state index is 12.3. The predicted octanol–water partition coefficient (Wildman–Crippen LogP) is 4.54. The number of allylic oxidation sites excluding steroid dienone is 3. The van der Waals surface area contributed by atoms with Gasteiger partial charge in [-0.05, 0) is 48.1 Å². The molecule has 0 radical (unpaired) electrons. The molecule has 128 valence electrons. The van der Waals surface area contributed by atoms with Crippen LogP contribution < -0.4 is 4.90 Å². The van der Waals surface area contributed by atoms with Gasteiger partial charge in [0, 0.05) is 29.4 Å². The molecule has 1 fully saturated rings. The molecule has 1 heterocycles. The van der Waals surface area contributed by atoms with Crippen molar-refractivity contribution < 1.29 is 9.53 Å². The van der Waals surface area contributed by atoms with Crippen molar-refractivity contribution in [2.75, 3.05) is 31.2 Å². The number of anilines is 1. The summed E-state index contributed by atoms with van der Waals surface area (Å²) in [5, 5.41) is 0.518. The van der Waals surface area contributed by atoms with E-state index in [0.29, 0.717) is 10.6 Å². The Labute approximate surface area is 153 Å². The van der Waals surface area contributed by atoms with Crippen molar-refractivity contribution in [2.45, 2.75) is 0 Å². The molecular weight excluding hydrogens is 334 g/mol. The average Bonchev–Trinajstić information content (AvgIpc) is 2.68. The number of ketones is 1. The van der Waals surface area contributed by atoms with Gasteiger partial charge in [-0.15, -0.1) is 0 Å². The molecule has 0 aliphatic carbocycles. The van der Waals surface area contributed by atoms with Crippen LogP contribution in [0.5, 0.6) is 0 Å². The molecule has 2 aromatic carbocycles. The molecule has 3 nitrogen and oxygen atoms in total. The SMILES string of the molecule is O=C(/C=C/C(Cl)=C/c1ccccc1)c1ccc(N2CCOCC2)cc1. The Morgan fingerprint density at radius 2 is 1.64 bits per heavy atom. The minimum Gasteiger partial charge on any atom is -0.378 e. The van der Waals surface area contributed by atoms with Crippen molar-refractivity contribution in [1.82, 2.24) is 0 Å². The molecule has 0 spiro atoms. The summed E-state index contributed by atoms with van der Waals surface area (Å²) in [4.78, 5) is 14.5. The van der Waals surface area contributed by atoms with Crippen LogP contribution in [0.4, 0.5) is 5.69 Å². The van der Waals surface area contributed by atoms with Gasteiger partial charge in [0.05, 0.1) is 13.2 Å². The molecule has 4 heteroatoms. The molecule has 0 amide bonds. The molecule has 0 unspecified atom stereocenters. The number of ether oxygens (including phenoxy) is 1. The van der Waals surface area contributed by atoms with E-state index in [1.165, 1.54) is 6.08 Å². The molecule has 0 aromatic heterocycles. The van der Waals surface area contributed by atoms with E-state index in [4.69, 9.17) is 16.3 Å². The zero-order chi connectivity index (χ0) is 17.5. The highest BCUT2D eigenvalue weighted by Gasteiger charge is 2.11. The summed E-state index contributed by atoms with van der Waals surface area (Å²) in [6, 6.07) is 17.4. The molecule has 0 bridgehead atoms. The molecule has 1 aliphatic rings. The van der Waals surface area contributed by atoms with Crippen LogP contribution in [0.2, 0.25) is 0 Å². The van der Waals surface area contributed by atoms with Gasteiger partial charge < -0.3 is 9.64 Å². The highest BCUT2D eigenvalue weighted by molar-refractivity contribution is 6.33. The zero-order valence-corrected chi connectivity index (χ0v) is 14.7. The second-order valence-electron chi connectivity index (χ2n) is 5.78. The smallest absolute Gasteiger partial charge is 0.185 e. The van der Waals surface area contributed by atoms with Crippen LogP contribution in [0.25, 0.3) is 6.08 Å². The number of hydrogen-bond acceptors (Lipinski definition) is 3. The Morgan fingerprint density at radius 3 is 2.32 bits per heavy atom. The summed E-state index contributed by atoms with van der Waals surface area (Å²) in [5.74, 6) is -0.0619. The Bertz CT molecular complexity index is 760. The van der Waals surface area contributed by atoms with Crippen LogP contribution in [-0.4, -0.2) is 32.1 Å². The maximum atomic E-state index is 12.3. The van der Waals surface area contributed by atoms with E-state index in [1.54, 1.807) is 6.08 Å². The molecule has 0 saturated carbocycles. The van der Waals surface area contributed by atoms with E-state index in [9.17, 15) is 4.79 Å². The van der Waals surface area contributed by atoms with Crippen LogP contribution >= 0.6 is 11.6 Å². The third-order valence-corrected chi connectivity index (χ3v) is 4.26. The number of nitrogens with zero attached hydrogens (tertiary/aromatic N) is 1. The number of rotatable bonds is 5. The highest BCUT2D eigenvalue weighted by atomic mass is 35.5. The Kier molecular flexibility index (Phi) is 6.04. The van der Waals surface area contributed by atoms with E-state index in [1.807, 2.05) is 60.7 Å². The van der Waals surface area contributed by atoms with Crippen molar-refractivity contribution in [1.29, 1.82) is 0 Å². The minimum absolute atomic E-state index is 0.0619.